The molecule has 9 heteroatoms. The van der Waals surface area contributed by atoms with E-state index in [1.165, 1.54) is 6.07 Å². The van der Waals surface area contributed by atoms with Gasteiger partial charge >= 0.3 is 6.18 Å². The lowest BCUT2D eigenvalue weighted by Crippen LogP contribution is -2.35. The molecule has 5 nitrogen and oxygen atoms in total. The molecule has 2 aromatic carbocycles. The number of hydrogen-bond acceptors (Lipinski definition) is 3. The summed E-state index contributed by atoms with van der Waals surface area (Å²) in [6.07, 6.45) is -4.71. The van der Waals surface area contributed by atoms with Crippen LogP contribution in [0.3, 0.4) is 0 Å². The number of anilines is 1. The van der Waals surface area contributed by atoms with Crippen molar-refractivity contribution in [3.8, 4) is 0 Å². The summed E-state index contributed by atoms with van der Waals surface area (Å²) in [4.78, 5) is 12.5. The van der Waals surface area contributed by atoms with E-state index in [0.717, 1.165) is 15.8 Å². The fraction of sp³-hybridized carbons (Fsp3) is 0.238. The third-order valence-electron chi connectivity index (χ3n) is 4.99. The molecule has 1 aliphatic heterocycles. The Morgan fingerprint density at radius 3 is 2.53 bits per heavy atom. The van der Waals surface area contributed by atoms with E-state index < -0.39 is 24.2 Å². The van der Waals surface area contributed by atoms with Crippen molar-refractivity contribution in [2.24, 2.45) is 0 Å². The maximum Gasteiger partial charge on any atom is 0.410 e. The largest absolute Gasteiger partial charge is 0.410 e. The van der Waals surface area contributed by atoms with Gasteiger partial charge in [0.25, 0.3) is 5.91 Å². The van der Waals surface area contributed by atoms with Crippen molar-refractivity contribution < 1.29 is 18.0 Å². The topological polar surface area (TPSA) is 59.0 Å². The molecular weight excluding hydrogens is 417 g/mol. The zero-order valence-electron chi connectivity index (χ0n) is 15.7. The molecule has 0 aliphatic carbocycles. The number of nitrogens with zero attached hydrogens (tertiary/aromatic N) is 2. The summed E-state index contributed by atoms with van der Waals surface area (Å²) in [7, 11) is 0. The van der Waals surface area contributed by atoms with Gasteiger partial charge in [-0.25, -0.2) is 4.68 Å². The minimum absolute atomic E-state index is 0.0746. The van der Waals surface area contributed by atoms with Crippen LogP contribution < -0.4 is 10.6 Å². The van der Waals surface area contributed by atoms with Crippen LogP contribution in [0, 0.1) is 0 Å². The fourth-order valence-electron chi connectivity index (χ4n) is 3.46. The number of hydrogen-bond donors (Lipinski definition) is 2. The summed E-state index contributed by atoms with van der Waals surface area (Å²) in [5, 5.41) is 10.3. The monoisotopic (exact) mass is 434 g/mol. The Hall–Kier alpha value is -3.00. The van der Waals surface area contributed by atoms with Gasteiger partial charge in [0.15, 0.2) is 11.7 Å². The van der Waals surface area contributed by atoms with Gasteiger partial charge < -0.3 is 10.6 Å². The molecule has 0 saturated carbocycles. The van der Waals surface area contributed by atoms with Crippen LogP contribution in [-0.4, -0.2) is 21.9 Å². The van der Waals surface area contributed by atoms with E-state index in [-0.39, 0.29) is 24.5 Å². The normalized spacial score (nSPS) is 18.4. The highest BCUT2D eigenvalue weighted by atomic mass is 35.5. The molecule has 156 valence electrons. The molecular formula is C21H18ClF3N4O. The Bertz CT molecular complexity index is 1030. The Balaban J connectivity index is 1.56. The second-order valence-electron chi connectivity index (χ2n) is 7.07. The Labute approximate surface area is 175 Å². The maximum atomic E-state index is 13.7. The zero-order chi connectivity index (χ0) is 21.3. The van der Waals surface area contributed by atoms with Crippen LogP contribution in [0.15, 0.2) is 60.7 Å². The second-order valence-corrected chi connectivity index (χ2v) is 7.51. The summed E-state index contributed by atoms with van der Waals surface area (Å²) in [6.45, 7) is 0.209. The maximum absolute atomic E-state index is 13.7. The highest BCUT2D eigenvalue weighted by molar-refractivity contribution is 6.30. The number of benzene rings is 2. The highest BCUT2D eigenvalue weighted by Crippen LogP contribution is 2.43. The van der Waals surface area contributed by atoms with E-state index in [1.807, 2.05) is 0 Å². The second kappa shape index (κ2) is 8.02. The number of aromatic nitrogens is 2. The van der Waals surface area contributed by atoms with Crippen molar-refractivity contribution in [1.29, 1.82) is 0 Å². The molecule has 0 fully saturated rings. The summed E-state index contributed by atoms with van der Waals surface area (Å²) in [6, 6.07) is 14.8. The molecule has 30 heavy (non-hydrogen) atoms. The average Bonchev–Trinajstić information content (AvgIpc) is 3.16. The van der Waals surface area contributed by atoms with Crippen LogP contribution in [0.4, 0.5) is 19.0 Å². The average molecular weight is 435 g/mol. The number of alkyl halides is 3. The number of rotatable bonds is 4. The molecule has 0 radical (unpaired) electrons. The molecule has 1 aliphatic rings. The van der Waals surface area contributed by atoms with Gasteiger partial charge in [0.2, 0.25) is 0 Å². The first-order chi connectivity index (χ1) is 14.3. The quantitative estimate of drug-likeness (QED) is 0.598. The zero-order valence-corrected chi connectivity index (χ0v) is 16.4. The van der Waals surface area contributed by atoms with Crippen LogP contribution in [-0.2, 0) is 6.54 Å². The molecule has 0 saturated heterocycles. The first kappa shape index (κ1) is 20.3. The predicted molar refractivity (Wildman–Crippen MR) is 107 cm³/mol. The van der Waals surface area contributed by atoms with E-state index >= 15 is 0 Å². The van der Waals surface area contributed by atoms with Crippen molar-refractivity contribution >= 4 is 23.3 Å². The third-order valence-corrected chi connectivity index (χ3v) is 5.24. The minimum atomic E-state index is -4.49. The van der Waals surface area contributed by atoms with Gasteiger partial charge in [-0.1, -0.05) is 54.1 Å². The van der Waals surface area contributed by atoms with Gasteiger partial charge in [0, 0.05) is 24.1 Å². The van der Waals surface area contributed by atoms with Crippen molar-refractivity contribution in [1.82, 2.24) is 15.1 Å². The molecule has 3 aromatic rings. The Morgan fingerprint density at radius 2 is 1.87 bits per heavy atom. The number of nitrogens with one attached hydrogen (secondary N) is 2. The van der Waals surface area contributed by atoms with Crippen molar-refractivity contribution in [2.45, 2.75) is 31.2 Å². The molecule has 1 aromatic heterocycles. The van der Waals surface area contributed by atoms with Gasteiger partial charge in [-0.05, 0) is 23.3 Å². The lowest BCUT2D eigenvalue weighted by molar-refractivity contribution is -0.173. The molecule has 2 heterocycles. The van der Waals surface area contributed by atoms with Gasteiger partial charge in [0.05, 0.1) is 6.04 Å². The van der Waals surface area contributed by atoms with Gasteiger partial charge in [-0.15, -0.1) is 0 Å². The summed E-state index contributed by atoms with van der Waals surface area (Å²) < 4.78 is 42.0. The number of halogens is 4. The molecule has 2 atom stereocenters. The predicted octanol–water partition coefficient (Wildman–Crippen LogP) is 5.13. The number of fused-ring (bicyclic) bond motifs is 1. The molecule has 2 N–H and O–H groups in total. The first-order valence-electron chi connectivity index (χ1n) is 9.31. The van der Waals surface area contributed by atoms with E-state index in [1.54, 1.807) is 54.6 Å². The number of carbonyl (C=O) groups excluding carboxylic acids is 1. The lowest BCUT2D eigenvalue weighted by atomic mass is 9.97. The van der Waals surface area contributed by atoms with Crippen molar-refractivity contribution in [3.63, 3.8) is 0 Å². The van der Waals surface area contributed by atoms with Crippen molar-refractivity contribution in [3.05, 3.63) is 82.5 Å². The summed E-state index contributed by atoms with van der Waals surface area (Å²) in [5.74, 6) is -0.389. The fourth-order valence-corrected chi connectivity index (χ4v) is 3.59. The molecule has 0 unspecified atom stereocenters. The number of carbonyl (C=O) groups is 1. The van der Waals surface area contributed by atoms with Crippen LogP contribution >= 0.6 is 11.6 Å². The molecule has 1 amide bonds. The minimum Gasteiger partial charge on any atom is -0.363 e. The smallest absolute Gasteiger partial charge is 0.363 e. The first-order valence-corrected chi connectivity index (χ1v) is 9.69. The van der Waals surface area contributed by atoms with E-state index in [0.29, 0.717) is 5.02 Å². The van der Waals surface area contributed by atoms with Crippen LogP contribution in [0.5, 0.6) is 0 Å². The molecule has 0 spiro atoms. The highest BCUT2D eigenvalue weighted by Gasteiger charge is 2.46. The van der Waals surface area contributed by atoms with E-state index in [9.17, 15) is 18.0 Å². The van der Waals surface area contributed by atoms with Crippen LogP contribution in [0.2, 0.25) is 5.02 Å². The molecule has 0 bridgehead atoms. The van der Waals surface area contributed by atoms with Crippen LogP contribution in [0.1, 0.15) is 40.1 Å². The SMILES string of the molecule is O=C(NCc1ccc(Cl)cc1)c1cc2n(n1)[C@H](C(F)(F)F)C[C@@H](c1ccccc1)N2. The van der Waals surface area contributed by atoms with Gasteiger partial charge in [0.1, 0.15) is 5.82 Å². The van der Waals surface area contributed by atoms with E-state index in [4.69, 9.17) is 11.6 Å². The molecule has 4 rings (SSSR count). The summed E-state index contributed by atoms with van der Waals surface area (Å²) >= 11 is 5.84. The van der Waals surface area contributed by atoms with E-state index in [2.05, 4.69) is 15.7 Å². The lowest BCUT2D eigenvalue weighted by Gasteiger charge is -2.33. The van der Waals surface area contributed by atoms with Crippen LogP contribution in [0.25, 0.3) is 0 Å². The third kappa shape index (κ3) is 4.28. The summed E-state index contributed by atoms with van der Waals surface area (Å²) in [5.41, 5.74) is 1.48. The Kier molecular flexibility index (Phi) is 5.42. The Morgan fingerprint density at radius 1 is 1.17 bits per heavy atom. The number of amides is 1. The van der Waals surface area contributed by atoms with Gasteiger partial charge in [-0.2, -0.15) is 18.3 Å². The van der Waals surface area contributed by atoms with Gasteiger partial charge in [-0.3, -0.25) is 4.79 Å². The standard InChI is InChI=1S/C21H18ClF3N4O/c22-15-8-6-13(7-9-15)12-26-20(30)17-11-19-27-16(14-4-2-1-3-5-14)10-18(21(23,24)25)29(19)28-17/h1-9,11,16,18,27H,10,12H2,(H,26,30)/t16-,18-/m0/s1. The van der Waals surface area contributed by atoms with Crippen molar-refractivity contribution in [2.75, 3.05) is 5.32 Å².